The van der Waals surface area contributed by atoms with Crippen LogP contribution in [0.15, 0.2) is 152 Å². The third-order valence-corrected chi connectivity index (χ3v) is 9.46. The highest BCUT2D eigenvalue weighted by molar-refractivity contribution is 5.95. The van der Waals surface area contributed by atoms with Crippen molar-refractivity contribution >= 4 is 11.8 Å². The Morgan fingerprint density at radius 1 is 0.736 bits per heavy atom. The number of anilines is 1. The number of tetrazole rings is 1. The van der Waals surface area contributed by atoms with Crippen molar-refractivity contribution in [3.8, 4) is 22.5 Å². The van der Waals surface area contributed by atoms with E-state index < -0.39 is 5.54 Å². The van der Waals surface area contributed by atoms with Crippen LogP contribution in [0.3, 0.4) is 0 Å². The maximum atomic E-state index is 12.9. The summed E-state index contributed by atoms with van der Waals surface area (Å²) in [5.74, 6) is 0.924. The molecule has 5 aromatic carbocycles. The van der Waals surface area contributed by atoms with E-state index in [1.807, 2.05) is 54.9 Å². The van der Waals surface area contributed by atoms with Gasteiger partial charge in [0.15, 0.2) is 5.82 Å². The number of esters is 1. The number of aryl methyl sites for hydroxylation is 1. The van der Waals surface area contributed by atoms with Gasteiger partial charge in [-0.25, -0.2) is 14.5 Å². The first-order chi connectivity index (χ1) is 26.0. The normalized spacial score (nSPS) is 11.3. The zero-order valence-corrected chi connectivity index (χ0v) is 30.3. The predicted octanol–water partition coefficient (Wildman–Crippen LogP) is 9.14. The first kappa shape index (κ1) is 35.0. The lowest BCUT2D eigenvalue weighted by Crippen LogP contribution is -2.39. The number of pyridine rings is 1. The highest BCUT2D eigenvalue weighted by Crippen LogP contribution is 2.43. The molecule has 0 unspecified atom stereocenters. The zero-order chi connectivity index (χ0) is 36.6. The van der Waals surface area contributed by atoms with Crippen LogP contribution in [-0.2, 0) is 16.8 Å². The van der Waals surface area contributed by atoms with Crippen molar-refractivity contribution in [2.24, 2.45) is 0 Å². The molecule has 53 heavy (non-hydrogen) atoms. The van der Waals surface area contributed by atoms with Crippen molar-refractivity contribution in [3.63, 3.8) is 0 Å². The van der Waals surface area contributed by atoms with Crippen molar-refractivity contribution in [2.45, 2.75) is 39.3 Å². The highest BCUT2D eigenvalue weighted by atomic mass is 16.5. The average molecular weight is 699 g/mol. The van der Waals surface area contributed by atoms with Crippen molar-refractivity contribution in [1.82, 2.24) is 25.2 Å². The molecule has 264 valence electrons. The molecule has 0 saturated heterocycles. The summed E-state index contributed by atoms with van der Waals surface area (Å²) >= 11 is 0. The lowest BCUT2D eigenvalue weighted by atomic mass is 9.77. The number of aromatic nitrogens is 5. The van der Waals surface area contributed by atoms with Crippen molar-refractivity contribution in [2.75, 3.05) is 18.1 Å². The second kappa shape index (κ2) is 15.9. The van der Waals surface area contributed by atoms with Crippen LogP contribution in [0, 0.1) is 6.92 Å². The van der Waals surface area contributed by atoms with E-state index in [-0.39, 0.29) is 5.97 Å². The zero-order valence-electron chi connectivity index (χ0n) is 30.3. The molecular formula is C45H42N6O2. The number of hydrogen-bond donors (Lipinski definition) is 0. The summed E-state index contributed by atoms with van der Waals surface area (Å²) in [5, 5.41) is 13.8. The molecule has 0 aliphatic rings. The van der Waals surface area contributed by atoms with Crippen LogP contribution < -0.4 is 4.90 Å². The molecule has 0 aliphatic heterocycles. The molecule has 0 saturated carbocycles. The fourth-order valence-corrected chi connectivity index (χ4v) is 7.13. The number of ether oxygens (including phenoxy) is 1. The molecule has 8 nitrogen and oxygen atoms in total. The molecule has 0 N–H and O–H groups in total. The largest absolute Gasteiger partial charge is 0.462 e. The Morgan fingerprint density at radius 3 is 1.87 bits per heavy atom. The lowest BCUT2D eigenvalue weighted by molar-refractivity contribution is 0.0526. The van der Waals surface area contributed by atoms with Crippen LogP contribution in [0.5, 0.6) is 0 Å². The fourth-order valence-electron chi connectivity index (χ4n) is 7.13. The Morgan fingerprint density at radius 2 is 1.30 bits per heavy atom. The number of benzene rings is 5. The van der Waals surface area contributed by atoms with Crippen molar-refractivity contribution in [1.29, 1.82) is 0 Å². The SMILES string of the molecule is CCCN(Cc1ccc(-c2ccccc2-c2nnnn2C(c2ccccc2)(c2ccccc2)c2ccccc2)cc1)c1ncc(C)cc1C(=O)OCC. The fraction of sp³-hybridized carbons (Fsp3) is 0.178. The molecule has 0 bridgehead atoms. The maximum Gasteiger partial charge on any atom is 0.341 e. The number of hydrogen-bond acceptors (Lipinski definition) is 7. The van der Waals surface area contributed by atoms with E-state index in [0.717, 1.165) is 57.5 Å². The molecule has 0 spiro atoms. The van der Waals surface area contributed by atoms with Gasteiger partial charge in [0, 0.05) is 24.8 Å². The molecule has 0 fully saturated rings. The highest BCUT2D eigenvalue weighted by Gasteiger charge is 2.42. The van der Waals surface area contributed by atoms with E-state index in [1.54, 1.807) is 6.20 Å². The molecule has 0 radical (unpaired) electrons. The first-order valence-electron chi connectivity index (χ1n) is 18.1. The molecule has 2 heterocycles. The standard InChI is InChI=1S/C45H42N6O2/c1-4-29-50(42-41(44(52)53-5-2)30-33(3)31-46-42)32-34-25-27-35(28-26-34)39-23-15-16-24-40(39)43-47-48-49-51(43)45(36-17-9-6-10-18-36,37-19-11-7-12-20-37)38-21-13-8-14-22-38/h6-28,30-31H,4-5,29,32H2,1-3H3. The minimum Gasteiger partial charge on any atom is -0.462 e. The van der Waals surface area contributed by atoms with Gasteiger partial charge in [0.05, 0.1) is 6.61 Å². The molecule has 0 aliphatic carbocycles. The predicted molar refractivity (Wildman–Crippen MR) is 210 cm³/mol. The summed E-state index contributed by atoms with van der Waals surface area (Å²) in [6.07, 6.45) is 2.70. The first-order valence-corrected chi connectivity index (χ1v) is 18.1. The average Bonchev–Trinajstić information content (AvgIpc) is 3.70. The van der Waals surface area contributed by atoms with E-state index in [4.69, 9.17) is 20.0 Å². The smallest absolute Gasteiger partial charge is 0.341 e. The van der Waals surface area contributed by atoms with E-state index in [2.05, 4.69) is 126 Å². The Kier molecular flexibility index (Phi) is 10.5. The van der Waals surface area contributed by atoms with Gasteiger partial charge in [-0.15, -0.1) is 5.10 Å². The van der Waals surface area contributed by atoms with Gasteiger partial charge in [-0.1, -0.05) is 146 Å². The monoisotopic (exact) mass is 698 g/mol. The van der Waals surface area contributed by atoms with Gasteiger partial charge >= 0.3 is 5.97 Å². The maximum absolute atomic E-state index is 12.9. The Bertz CT molecular complexity index is 2180. The van der Waals surface area contributed by atoms with Gasteiger partial charge in [-0.2, -0.15) is 0 Å². The third kappa shape index (κ3) is 6.96. The summed E-state index contributed by atoms with van der Waals surface area (Å²) in [7, 11) is 0. The summed E-state index contributed by atoms with van der Waals surface area (Å²) < 4.78 is 7.36. The van der Waals surface area contributed by atoms with Gasteiger partial charge in [0.2, 0.25) is 0 Å². The quantitative estimate of drug-likeness (QED) is 0.0877. The van der Waals surface area contributed by atoms with Gasteiger partial charge in [0.1, 0.15) is 16.9 Å². The topological polar surface area (TPSA) is 86.0 Å². The lowest BCUT2D eigenvalue weighted by Gasteiger charge is -2.36. The Hall–Kier alpha value is -6.41. The molecule has 8 heteroatoms. The molecule has 0 atom stereocenters. The van der Waals surface area contributed by atoms with E-state index in [0.29, 0.717) is 30.4 Å². The van der Waals surface area contributed by atoms with Gasteiger partial charge in [-0.3, -0.25) is 0 Å². The second-order valence-electron chi connectivity index (χ2n) is 13.0. The Labute approximate surface area is 310 Å². The second-order valence-corrected chi connectivity index (χ2v) is 13.0. The minimum atomic E-state index is -0.866. The van der Waals surface area contributed by atoms with E-state index in [1.165, 1.54) is 0 Å². The summed E-state index contributed by atoms with van der Waals surface area (Å²) in [6, 6.07) is 50.0. The number of rotatable bonds is 13. The molecule has 2 aromatic heterocycles. The van der Waals surface area contributed by atoms with Crippen molar-refractivity contribution < 1.29 is 9.53 Å². The van der Waals surface area contributed by atoms with Crippen LogP contribution in [0.2, 0.25) is 0 Å². The molecule has 7 rings (SSSR count). The third-order valence-electron chi connectivity index (χ3n) is 9.46. The summed E-state index contributed by atoms with van der Waals surface area (Å²) in [4.78, 5) is 19.8. The van der Waals surface area contributed by atoms with Crippen LogP contribution in [0.4, 0.5) is 5.82 Å². The summed E-state index contributed by atoms with van der Waals surface area (Å²) in [5.41, 5.74) is 7.70. The van der Waals surface area contributed by atoms with E-state index >= 15 is 0 Å². The van der Waals surface area contributed by atoms with Gasteiger partial charge in [0.25, 0.3) is 0 Å². The van der Waals surface area contributed by atoms with Crippen LogP contribution in [0.1, 0.15) is 58.4 Å². The van der Waals surface area contributed by atoms with Gasteiger partial charge in [-0.05, 0) is 75.7 Å². The summed E-state index contributed by atoms with van der Waals surface area (Å²) in [6.45, 7) is 7.51. The van der Waals surface area contributed by atoms with Crippen molar-refractivity contribution in [3.05, 3.63) is 185 Å². The molecule has 0 amide bonds. The molecule has 7 aromatic rings. The van der Waals surface area contributed by atoms with Crippen LogP contribution in [-0.4, -0.2) is 44.3 Å². The van der Waals surface area contributed by atoms with E-state index in [9.17, 15) is 4.79 Å². The Balaban J connectivity index is 1.30. The molecular weight excluding hydrogens is 657 g/mol. The number of carbonyl (C=O) groups is 1. The minimum absolute atomic E-state index is 0.307. The van der Waals surface area contributed by atoms with Crippen LogP contribution >= 0.6 is 0 Å². The van der Waals surface area contributed by atoms with Gasteiger partial charge < -0.3 is 9.64 Å². The number of carbonyl (C=O) groups excluding carboxylic acids is 1. The number of nitrogens with zero attached hydrogens (tertiary/aromatic N) is 6. The van der Waals surface area contributed by atoms with Crippen LogP contribution in [0.25, 0.3) is 22.5 Å².